The molecule has 0 aliphatic carbocycles. The number of esters is 1. The number of hydrogen-bond acceptors (Lipinski definition) is 14. The molecule has 0 saturated carbocycles. The van der Waals surface area contributed by atoms with Crippen molar-refractivity contribution >= 4 is 65.2 Å². The highest BCUT2D eigenvalue weighted by atomic mass is 16.6. The third-order valence-corrected chi connectivity index (χ3v) is 11.8. The van der Waals surface area contributed by atoms with E-state index < -0.39 is 160 Å². The Morgan fingerprint density at radius 3 is 1.20 bits per heavy atom. The molecule has 24 nitrogen and oxygen atoms in total. The number of aliphatic hydroxyl groups is 1. The van der Waals surface area contributed by atoms with Gasteiger partial charge in [-0.25, -0.2) is 9.59 Å². The van der Waals surface area contributed by atoms with E-state index in [1.54, 1.807) is 90.0 Å². The van der Waals surface area contributed by atoms with Crippen LogP contribution in [0.25, 0.3) is 0 Å². The molecule has 0 aliphatic heterocycles. The molecule has 24 heteroatoms. The van der Waals surface area contributed by atoms with Crippen LogP contribution in [0.4, 0.5) is 4.79 Å². The van der Waals surface area contributed by atoms with Crippen LogP contribution in [0.2, 0.25) is 0 Å². The smallest absolute Gasteiger partial charge is 0.408 e. The Labute approximate surface area is 437 Å². The Bertz CT molecular complexity index is 2010. The zero-order valence-electron chi connectivity index (χ0n) is 47.6. The third-order valence-electron chi connectivity index (χ3n) is 11.8. The van der Waals surface area contributed by atoms with Gasteiger partial charge in [0.1, 0.15) is 58.5 Å². The van der Waals surface area contributed by atoms with Gasteiger partial charge in [0.15, 0.2) is 0 Å². The van der Waals surface area contributed by atoms with E-state index in [2.05, 4.69) is 53.2 Å². The van der Waals surface area contributed by atoms with Gasteiger partial charge in [-0.1, -0.05) is 75.7 Å². The van der Waals surface area contributed by atoms with Gasteiger partial charge >= 0.3 is 12.1 Å². The molecule has 8 atom stereocenters. The number of ether oxygens (including phenoxy) is 2. The monoisotopic (exact) mass is 1050 g/mol. The lowest BCUT2D eigenvalue weighted by molar-refractivity contribution is -0.150. The van der Waals surface area contributed by atoms with Crippen molar-refractivity contribution in [2.75, 3.05) is 13.7 Å². The molecule has 0 unspecified atom stereocenters. The minimum atomic E-state index is -1.77. The van der Waals surface area contributed by atoms with Crippen molar-refractivity contribution in [3.63, 3.8) is 0 Å². The molecule has 74 heavy (non-hydrogen) atoms. The summed E-state index contributed by atoms with van der Waals surface area (Å²) in [6, 6.07) is -7.61. The van der Waals surface area contributed by atoms with E-state index in [0.29, 0.717) is 6.42 Å². The average molecular weight is 1060 g/mol. The highest BCUT2D eigenvalue weighted by molar-refractivity contribution is 6.00. The number of alkyl carbamates (subject to hydrolysis) is 1. The van der Waals surface area contributed by atoms with Crippen LogP contribution in [0.15, 0.2) is 0 Å². The largest absolute Gasteiger partial charge is 0.467 e. The fourth-order valence-electron chi connectivity index (χ4n) is 6.92. The summed E-state index contributed by atoms with van der Waals surface area (Å²) in [5.74, 6) is -10.3. The van der Waals surface area contributed by atoms with Crippen molar-refractivity contribution in [1.29, 1.82) is 0 Å². The Hall–Kier alpha value is -6.07. The summed E-state index contributed by atoms with van der Waals surface area (Å²) in [7, 11) is 1.16. The standard InChI is InChI=1S/C50H90N10O14/c1-22-28(10)35(42(68)59-49(17,18)44(70)56-36(29(11)61)40(66)53-34(27(8)9)41(67)60-50(19,20)45(71)73-21)54-38(64)32(25(4)5)52-39(65)33(26(6)7)55-43(69)48(15,16)58-30(62)23-51-37(63)31(24(2)3)57-46(72)74-47(12,13)14/h24-29,31-36,61H,22-23H2,1-21H3,(H,51,63)(H,52,65)(H,53,66)(H,54,64)(H,55,69)(H,56,70)(H,57,72)(H,58,62)(H,59,68)(H,60,67)/t28-,29+,31+,32+,33+,34+,35+,36+/m0/s1. The lowest BCUT2D eigenvalue weighted by Gasteiger charge is -2.34. The normalized spacial score (nSPS) is 15.4. The molecule has 11 N–H and O–H groups in total. The molecule has 0 aromatic rings. The van der Waals surface area contributed by atoms with E-state index in [1.165, 1.54) is 48.5 Å². The summed E-state index contributed by atoms with van der Waals surface area (Å²) < 4.78 is 9.99. The SMILES string of the molecule is CC[C@H](C)[C@@H](NC(=O)[C@H](NC(=O)[C@H](NC(=O)C(C)(C)NC(=O)CNC(=O)[C@H](NC(=O)OC(C)(C)C)C(C)C)C(C)C)C(C)C)C(=O)NC(C)(C)C(=O)N[C@@H](C(=O)N[C@@H](C(=O)NC(C)(C)C(=O)OC)C(C)C)[C@@H](C)O. The molecule has 0 fully saturated rings. The van der Waals surface area contributed by atoms with Crippen molar-refractivity contribution in [2.24, 2.45) is 29.6 Å². The molecular formula is C50H90N10O14. The summed E-state index contributed by atoms with van der Waals surface area (Å²) in [5.41, 5.74) is -5.66. The Balaban J connectivity index is 6.14. The lowest BCUT2D eigenvalue weighted by Crippen LogP contribution is -2.66. The van der Waals surface area contributed by atoms with Crippen LogP contribution in [-0.4, -0.2) is 149 Å². The van der Waals surface area contributed by atoms with Crippen molar-refractivity contribution in [3.05, 3.63) is 0 Å². The van der Waals surface area contributed by atoms with Crippen LogP contribution in [-0.2, 0) is 57.4 Å². The van der Waals surface area contributed by atoms with E-state index in [4.69, 9.17) is 9.47 Å². The van der Waals surface area contributed by atoms with E-state index in [0.717, 1.165) is 7.11 Å². The zero-order chi connectivity index (χ0) is 58.2. The van der Waals surface area contributed by atoms with Gasteiger partial charge < -0.3 is 67.7 Å². The topological polar surface area (TPSA) is 347 Å². The first-order valence-corrected chi connectivity index (χ1v) is 25.1. The number of aliphatic hydroxyl groups excluding tert-OH is 1. The van der Waals surface area contributed by atoms with Crippen LogP contribution in [0.5, 0.6) is 0 Å². The van der Waals surface area contributed by atoms with Crippen molar-refractivity contribution in [1.82, 2.24) is 53.2 Å². The van der Waals surface area contributed by atoms with Crippen LogP contribution in [0.3, 0.4) is 0 Å². The second-order valence-electron chi connectivity index (χ2n) is 22.7. The highest BCUT2D eigenvalue weighted by Crippen LogP contribution is 2.16. The first-order chi connectivity index (χ1) is 33.6. The number of methoxy groups -OCH3 is 1. The second kappa shape index (κ2) is 28.6. The summed E-state index contributed by atoms with van der Waals surface area (Å²) >= 11 is 0. The van der Waals surface area contributed by atoms with Gasteiger partial charge in [-0.2, -0.15) is 0 Å². The molecule has 0 aromatic heterocycles. The van der Waals surface area contributed by atoms with Crippen molar-refractivity contribution in [2.45, 2.75) is 209 Å². The minimum Gasteiger partial charge on any atom is -0.467 e. The molecule has 0 radical (unpaired) electrons. The first-order valence-electron chi connectivity index (χ1n) is 25.1. The second-order valence-corrected chi connectivity index (χ2v) is 22.7. The van der Waals surface area contributed by atoms with Gasteiger partial charge in [0, 0.05) is 0 Å². The number of carbonyl (C=O) groups is 11. The van der Waals surface area contributed by atoms with Crippen LogP contribution in [0, 0.1) is 29.6 Å². The maximum Gasteiger partial charge on any atom is 0.408 e. The molecule has 0 bridgehead atoms. The quantitative estimate of drug-likeness (QED) is 0.0494. The van der Waals surface area contributed by atoms with Gasteiger partial charge in [0.05, 0.1) is 19.8 Å². The van der Waals surface area contributed by atoms with E-state index in [-0.39, 0.29) is 5.92 Å². The number of hydrogen-bond donors (Lipinski definition) is 11. The Morgan fingerprint density at radius 1 is 0.446 bits per heavy atom. The summed E-state index contributed by atoms with van der Waals surface area (Å²) in [5, 5.41) is 36.3. The van der Waals surface area contributed by atoms with E-state index in [9.17, 15) is 57.8 Å². The predicted molar refractivity (Wildman–Crippen MR) is 275 cm³/mol. The van der Waals surface area contributed by atoms with Gasteiger partial charge in [-0.15, -0.1) is 0 Å². The van der Waals surface area contributed by atoms with Crippen LogP contribution >= 0.6 is 0 Å². The highest BCUT2D eigenvalue weighted by Gasteiger charge is 2.42. The Kier molecular flexibility index (Phi) is 26.2. The van der Waals surface area contributed by atoms with Gasteiger partial charge in [-0.3, -0.25) is 43.2 Å². The van der Waals surface area contributed by atoms with E-state index >= 15 is 0 Å². The van der Waals surface area contributed by atoms with Crippen molar-refractivity contribution in [3.8, 4) is 0 Å². The minimum absolute atomic E-state index is 0.374. The van der Waals surface area contributed by atoms with Gasteiger partial charge in [0.25, 0.3) is 0 Å². The van der Waals surface area contributed by atoms with Crippen LogP contribution in [0.1, 0.15) is 145 Å². The average Bonchev–Trinajstić information content (AvgIpc) is 3.25. The fourth-order valence-corrected chi connectivity index (χ4v) is 6.92. The molecule has 0 aromatic carbocycles. The number of rotatable bonds is 27. The predicted octanol–water partition coefficient (Wildman–Crippen LogP) is 0.328. The van der Waals surface area contributed by atoms with Gasteiger partial charge in [-0.05, 0) is 98.8 Å². The number of nitrogens with one attached hydrogen (secondary N) is 10. The van der Waals surface area contributed by atoms with E-state index in [1.807, 2.05) is 0 Å². The number of amides is 10. The maximum absolute atomic E-state index is 14.1. The number of carbonyl (C=O) groups excluding carboxylic acids is 11. The van der Waals surface area contributed by atoms with Crippen molar-refractivity contribution < 1.29 is 67.3 Å². The Morgan fingerprint density at radius 2 is 0.797 bits per heavy atom. The first kappa shape index (κ1) is 67.9. The molecule has 0 spiro atoms. The molecule has 0 saturated heterocycles. The molecule has 424 valence electrons. The molecular weight excluding hydrogens is 965 g/mol. The molecule has 0 aliphatic rings. The van der Waals surface area contributed by atoms with Crippen LogP contribution < -0.4 is 53.2 Å². The lowest BCUT2D eigenvalue weighted by atomic mass is 9.94. The molecule has 0 rings (SSSR count). The molecule has 10 amide bonds. The summed E-state index contributed by atoms with van der Waals surface area (Å²) in [6.45, 7) is 30.7. The fraction of sp³-hybridized carbons (Fsp3) is 0.780. The molecule has 0 heterocycles. The third kappa shape index (κ3) is 21.8. The van der Waals surface area contributed by atoms with Gasteiger partial charge in [0.2, 0.25) is 53.2 Å². The maximum atomic E-state index is 14.1. The summed E-state index contributed by atoms with van der Waals surface area (Å²) in [4.78, 5) is 147. The zero-order valence-corrected chi connectivity index (χ0v) is 47.6. The summed E-state index contributed by atoms with van der Waals surface area (Å²) in [6.07, 6.45) is -1.94.